The van der Waals surface area contributed by atoms with E-state index in [2.05, 4.69) is 10.6 Å². The summed E-state index contributed by atoms with van der Waals surface area (Å²) in [6.07, 6.45) is -0.699. The molecule has 5 nitrogen and oxygen atoms in total. The Bertz CT molecular complexity index is 618. The summed E-state index contributed by atoms with van der Waals surface area (Å²) in [6, 6.07) is 8.64. The van der Waals surface area contributed by atoms with Crippen LogP contribution < -0.4 is 15.4 Å². The van der Waals surface area contributed by atoms with Crippen molar-refractivity contribution in [3.05, 3.63) is 46.7 Å². The third kappa shape index (κ3) is 5.92. The molecular formula is C17H22N2O3S. The van der Waals surface area contributed by atoms with Crippen molar-refractivity contribution in [2.45, 2.75) is 32.5 Å². The SMILES string of the molecule is CC(C)(C)Oc1ccc(NC(=O)NCC(O)c2ccsc2)cc1. The van der Waals surface area contributed by atoms with Crippen LogP contribution in [0.1, 0.15) is 32.4 Å². The predicted octanol–water partition coefficient (Wildman–Crippen LogP) is 3.78. The molecule has 0 spiro atoms. The van der Waals surface area contributed by atoms with Gasteiger partial charge in [-0.2, -0.15) is 11.3 Å². The van der Waals surface area contributed by atoms with E-state index in [4.69, 9.17) is 4.74 Å². The minimum absolute atomic E-state index is 0.161. The van der Waals surface area contributed by atoms with Crippen molar-refractivity contribution in [1.82, 2.24) is 5.32 Å². The Balaban J connectivity index is 1.81. The van der Waals surface area contributed by atoms with Gasteiger partial charge in [-0.1, -0.05) is 0 Å². The smallest absolute Gasteiger partial charge is 0.319 e. The van der Waals surface area contributed by atoms with Crippen LogP contribution >= 0.6 is 11.3 Å². The van der Waals surface area contributed by atoms with E-state index in [0.717, 1.165) is 11.3 Å². The van der Waals surface area contributed by atoms with Crippen LogP contribution in [-0.2, 0) is 0 Å². The summed E-state index contributed by atoms with van der Waals surface area (Å²) < 4.78 is 5.72. The Morgan fingerprint density at radius 3 is 2.52 bits per heavy atom. The van der Waals surface area contributed by atoms with Gasteiger partial charge < -0.3 is 20.5 Å². The van der Waals surface area contributed by atoms with Gasteiger partial charge >= 0.3 is 6.03 Å². The number of anilines is 1. The quantitative estimate of drug-likeness (QED) is 0.779. The average molecular weight is 334 g/mol. The van der Waals surface area contributed by atoms with Gasteiger partial charge in [0.25, 0.3) is 0 Å². The lowest BCUT2D eigenvalue weighted by atomic mass is 10.2. The van der Waals surface area contributed by atoms with Crippen LogP contribution in [0.25, 0.3) is 0 Å². The van der Waals surface area contributed by atoms with Gasteiger partial charge in [-0.25, -0.2) is 4.79 Å². The number of aliphatic hydroxyl groups excluding tert-OH is 1. The maximum Gasteiger partial charge on any atom is 0.319 e. The second kappa shape index (κ2) is 7.48. The normalized spacial score (nSPS) is 12.5. The maximum atomic E-state index is 11.8. The highest BCUT2D eigenvalue weighted by atomic mass is 32.1. The Labute approximate surface area is 140 Å². The highest BCUT2D eigenvalue weighted by Gasteiger charge is 2.12. The number of benzene rings is 1. The molecule has 0 saturated carbocycles. The zero-order valence-corrected chi connectivity index (χ0v) is 14.3. The minimum atomic E-state index is -0.699. The van der Waals surface area contributed by atoms with Gasteiger partial charge in [0.05, 0.1) is 6.10 Å². The zero-order chi connectivity index (χ0) is 16.9. The molecule has 0 fully saturated rings. The molecule has 124 valence electrons. The summed E-state index contributed by atoms with van der Waals surface area (Å²) in [7, 11) is 0. The molecule has 1 aromatic heterocycles. The van der Waals surface area contributed by atoms with Crippen LogP contribution in [0.5, 0.6) is 5.75 Å². The molecule has 6 heteroatoms. The molecule has 0 radical (unpaired) electrons. The summed E-state index contributed by atoms with van der Waals surface area (Å²) >= 11 is 1.51. The van der Waals surface area contributed by atoms with Crippen molar-refractivity contribution >= 4 is 23.1 Å². The van der Waals surface area contributed by atoms with Crippen molar-refractivity contribution in [3.8, 4) is 5.75 Å². The Hall–Kier alpha value is -2.05. The Morgan fingerprint density at radius 2 is 1.96 bits per heavy atom. The number of thiophene rings is 1. The van der Waals surface area contributed by atoms with E-state index in [-0.39, 0.29) is 18.2 Å². The fourth-order valence-corrected chi connectivity index (χ4v) is 2.61. The van der Waals surface area contributed by atoms with Crippen LogP contribution in [0, 0.1) is 0 Å². The first-order valence-corrected chi connectivity index (χ1v) is 8.32. The number of ether oxygens (including phenoxy) is 1. The standard InChI is InChI=1S/C17H22N2O3S/c1-17(2,3)22-14-6-4-13(5-7-14)19-16(21)18-10-15(20)12-8-9-23-11-12/h4-9,11,15,20H,10H2,1-3H3,(H2,18,19,21). The number of hydrogen-bond acceptors (Lipinski definition) is 4. The number of aliphatic hydroxyl groups is 1. The van der Waals surface area contributed by atoms with Gasteiger partial charge in [0.2, 0.25) is 0 Å². The molecule has 0 saturated heterocycles. The molecule has 23 heavy (non-hydrogen) atoms. The van der Waals surface area contributed by atoms with Gasteiger partial charge in [-0.05, 0) is 67.4 Å². The molecule has 0 aliphatic heterocycles. The second-order valence-electron chi connectivity index (χ2n) is 6.15. The van der Waals surface area contributed by atoms with E-state index in [1.165, 1.54) is 11.3 Å². The molecule has 1 unspecified atom stereocenters. The number of carbonyl (C=O) groups excluding carboxylic acids is 1. The van der Waals surface area contributed by atoms with Crippen molar-refractivity contribution in [2.24, 2.45) is 0 Å². The van der Waals surface area contributed by atoms with Crippen LogP contribution in [0.15, 0.2) is 41.1 Å². The zero-order valence-electron chi connectivity index (χ0n) is 13.5. The molecule has 1 aromatic carbocycles. The Morgan fingerprint density at radius 1 is 1.26 bits per heavy atom. The monoisotopic (exact) mass is 334 g/mol. The number of urea groups is 1. The minimum Gasteiger partial charge on any atom is -0.488 e. The third-order valence-corrected chi connectivity index (χ3v) is 3.62. The summed E-state index contributed by atoms with van der Waals surface area (Å²) in [5.74, 6) is 0.747. The first-order valence-electron chi connectivity index (χ1n) is 7.37. The number of rotatable bonds is 5. The van der Waals surface area contributed by atoms with Gasteiger partial charge in [-0.15, -0.1) is 0 Å². The molecular weight excluding hydrogens is 312 g/mol. The largest absolute Gasteiger partial charge is 0.488 e. The number of carbonyl (C=O) groups is 1. The lowest BCUT2D eigenvalue weighted by Crippen LogP contribution is -2.32. The Kier molecular flexibility index (Phi) is 5.63. The van der Waals surface area contributed by atoms with E-state index in [0.29, 0.717) is 5.69 Å². The third-order valence-electron chi connectivity index (χ3n) is 2.92. The molecule has 3 N–H and O–H groups in total. The average Bonchev–Trinajstić information content (AvgIpc) is 2.99. The molecule has 0 aliphatic rings. The van der Waals surface area contributed by atoms with Crippen molar-refractivity contribution in [3.63, 3.8) is 0 Å². The summed E-state index contributed by atoms with van der Waals surface area (Å²) in [5.41, 5.74) is 1.21. The molecule has 0 bridgehead atoms. The van der Waals surface area contributed by atoms with E-state index < -0.39 is 6.10 Å². The molecule has 2 rings (SSSR count). The first-order chi connectivity index (χ1) is 10.8. The van der Waals surface area contributed by atoms with E-state index in [1.54, 1.807) is 24.3 Å². The molecule has 2 amide bonds. The van der Waals surface area contributed by atoms with Crippen molar-refractivity contribution in [2.75, 3.05) is 11.9 Å². The number of hydrogen-bond donors (Lipinski definition) is 3. The summed E-state index contributed by atoms with van der Waals surface area (Å²) in [5, 5.41) is 19.0. The van der Waals surface area contributed by atoms with E-state index in [1.807, 2.05) is 37.6 Å². The molecule has 1 atom stereocenters. The van der Waals surface area contributed by atoms with E-state index in [9.17, 15) is 9.90 Å². The topological polar surface area (TPSA) is 70.6 Å². The van der Waals surface area contributed by atoms with E-state index >= 15 is 0 Å². The second-order valence-corrected chi connectivity index (χ2v) is 6.93. The number of amides is 2. The van der Waals surface area contributed by atoms with Crippen molar-refractivity contribution in [1.29, 1.82) is 0 Å². The lowest BCUT2D eigenvalue weighted by molar-refractivity contribution is 0.131. The van der Waals surface area contributed by atoms with Crippen molar-refractivity contribution < 1.29 is 14.6 Å². The van der Waals surface area contributed by atoms with Crippen LogP contribution in [-0.4, -0.2) is 23.3 Å². The summed E-state index contributed by atoms with van der Waals surface area (Å²) in [4.78, 5) is 11.8. The fraction of sp³-hybridized carbons (Fsp3) is 0.353. The van der Waals surface area contributed by atoms with Gasteiger partial charge in [-0.3, -0.25) is 0 Å². The van der Waals surface area contributed by atoms with Crippen LogP contribution in [0.2, 0.25) is 0 Å². The fourth-order valence-electron chi connectivity index (χ4n) is 1.91. The lowest BCUT2D eigenvalue weighted by Gasteiger charge is -2.21. The van der Waals surface area contributed by atoms with Crippen LogP contribution in [0.3, 0.4) is 0 Å². The van der Waals surface area contributed by atoms with Crippen LogP contribution in [0.4, 0.5) is 10.5 Å². The molecule has 1 heterocycles. The predicted molar refractivity (Wildman–Crippen MR) is 93.1 cm³/mol. The number of nitrogens with one attached hydrogen (secondary N) is 2. The maximum absolute atomic E-state index is 11.8. The first kappa shape index (κ1) is 17.3. The van der Waals surface area contributed by atoms with Gasteiger partial charge in [0, 0.05) is 12.2 Å². The molecule has 2 aromatic rings. The highest BCUT2D eigenvalue weighted by Crippen LogP contribution is 2.20. The molecule has 0 aliphatic carbocycles. The highest BCUT2D eigenvalue weighted by molar-refractivity contribution is 7.07. The van der Waals surface area contributed by atoms with Gasteiger partial charge in [0.15, 0.2) is 0 Å². The van der Waals surface area contributed by atoms with Gasteiger partial charge in [0.1, 0.15) is 11.4 Å². The summed E-state index contributed by atoms with van der Waals surface area (Å²) in [6.45, 7) is 6.09.